The molecule has 0 saturated heterocycles. The average Bonchev–Trinajstić information content (AvgIpc) is 2.60. The number of benzene rings is 2. The van der Waals surface area contributed by atoms with E-state index in [1.54, 1.807) is 7.05 Å². The predicted molar refractivity (Wildman–Crippen MR) is 118 cm³/mol. The molecule has 0 radical (unpaired) electrons. The number of aryl methyl sites for hydroxylation is 1. The zero-order valence-electron chi connectivity index (χ0n) is 15.5. The van der Waals surface area contributed by atoms with Crippen LogP contribution in [-0.4, -0.2) is 38.5 Å². The number of nitrogens with zero attached hydrogens (tertiary/aromatic N) is 2. The molecule has 0 aromatic heterocycles. The first kappa shape index (κ1) is 21.4. The van der Waals surface area contributed by atoms with E-state index in [4.69, 9.17) is 0 Å². The lowest BCUT2D eigenvalue weighted by Crippen LogP contribution is -2.41. The number of guanidine groups is 1. The Hall–Kier alpha value is -1.60. The summed E-state index contributed by atoms with van der Waals surface area (Å²) in [4.78, 5) is 6.54. The van der Waals surface area contributed by atoms with Crippen molar-refractivity contribution in [1.82, 2.24) is 15.5 Å². The van der Waals surface area contributed by atoms with Gasteiger partial charge in [0.1, 0.15) is 0 Å². The number of aliphatic imine (C=N–C) groups is 1. The molecule has 0 heterocycles. The fourth-order valence-corrected chi connectivity index (χ4v) is 2.58. The molecule has 4 nitrogen and oxygen atoms in total. The maximum Gasteiger partial charge on any atom is 0.191 e. The van der Waals surface area contributed by atoms with Gasteiger partial charge in [-0.3, -0.25) is 4.99 Å². The summed E-state index contributed by atoms with van der Waals surface area (Å²) in [7, 11) is 6.01. The van der Waals surface area contributed by atoms with Crippen molar-refractivity contribution in [2.45, 2.75) is 19.5 Å². The molecular formula is C20H29IN4. The molecule has 2 rings (SSSR count). The van der Waals surface area contributed by atoms with Gasteiger partial charge in [-0.1, -0.05) is 60.2 Å². The Morgan fingerprint density at radius 2 is 1.64 bits per heavy atom. The van der Waals surface area contributed by atoms with E-state index >= 15 is 0 Å². The van der Waals surface area contributed by atoms with Crippen molar-refractivity contribution in [3.8, 4) is 0 Å². The second kappa shape index (κ2) is 11.1. The highest BCUT2D eigenvalue weighted by Crippen LogP contribution is 2.17. The van der Waals surface area contributed by atoms with Crippen LogP contribution in [0.15, 0.2) is 59.6 Å². The number of hydrogen-bond acceptors (Lipinski definition) is 2. The third-order valence-electron chi connectivity index (χ3n) is 4.07. The zero-order chi connectivity index (χ0) is 17.4. The van der Waals surface area contributed by atoms with Crippen LogP contribution in [-0.2, 0) is 6.54 Å². The molecular weight excluding hydrogens is 423 g/mol. The summed E-state index contributed by atoms with van der Waals surface area (Å²) in [6.45, 7) is 3.67. The molecule has 0 amide bonds. The molecule has 136 valence electrons. The number of rotatable bonds is 6. The minimum atomic E-state index is 0. The van der Waals surface area contributed by atoms with Crippen molar-refractivity contribution in [3.63, 3.8) is 0 Å². The van der Waals surface area contributed by atoms with Crippen LogP contribution in [0.1, 0.15) is 22.7 Å². The van der Waals surface area contributed by atoms with E-state index in [1.165, 1.54) is 16.7 Å². The van der Waals surface area contributed by atoms with Crippen molar-refractivity contribution in [2.75, 3.05) is 27.7 Å². The second-order valence-corrected chi connectivity index (χ2v) is 6.18. The summed E-state index contributed by atoms with van der Waals surface area (Å²) in [6, 6.07) is 19.3. The minimum Gasteiger partial charge on any atom is -0.354 e. The molecule has 0 aliphatic heterocycles. The van der Waals surface area contributed by atoms with E-state index in [9.17, 15) is 0 Å². The van der Waals surface area contributed by atoms with Gasteiger partial charge in [-0.25, -0.2) is 0 Å². The molecule has 25 heavy (non-hydrogen) atoms. The quantitative estimate of drug-likeness (QED) is 0.400. The van der Waals surface area contributed by atoms with Crippen LogP contribution in [0.3, 0.4) is 0 Å². The van der Waals surface area contributed by atoms with Crippen molar-refractivity contribution >= 4 is 29.9 Å². The maximum atomic E-state index is 4.32. The third kappa shape index (κ3) is 7.04. The average molecular weight is 452 g/mol. The molecule has 0 saturated carbocycles. The van der Waals surface area contributed by atoms with Crippen molar-refractivity contribution < 1.29 is 0 Å². The molecule has 1 unspecified atom stereocenters. The summed E-state index contributed by atoms with van der Waals surface area (Å²) in [6.07, 6.45) is 0. The highest BCUT2D eigenvalue weighted by Gasteiger charge is 2.14. The third-order valence-corrected chi connectivity index (χ3v) is 4.07. The Morgan fingerprint density at radius 3 is 2.20 bits per heavy atom. The minimum absolute atomic E-state index is 0. The first-order valence-corrected chi connectivity index (χ1v) is 8.31. The standard InChI is InChI=1S/C20H28N4.HI/c1-16-10-12-18(13-11-16)19(24(3)4)15-23-20(21-2)22-14-17-8-6-5-7-9-17;/h5-13,19H,14-15H2,1-4H3,(H2,21,22,23);1H. The topological polar surface area (TPSA) is 39.7 Å². The highest BCUT2D eigenvalue weighted by molar-refractivity contribution is 14.0. The number of likely N-dealkylation sites (N-methyl/N-ethyl adjacent to an activating group) is 1. The lowest BCUT2D eigenvalue weighted by atomic mass is 10.0. The summed E-state index contributed by atoms with van der Waals surface area (Å²) < 4.78 is 0. The smallest absolute Gasteiger partial charge is 0.191 e. The first-order valence-electron chi connectivity index (χ1n) is 8.31. The van der Waals surface area contributed by atoms with Gasteiger partial charge in [0.15, 0.2) is 5.96 Å². The molecule has 0 bridgehead atoms. The van der Waals surface area contributed by atoms with Crippen LogP contribution in [0.4, 0.5) is 0 Å². The lowest BCUT2D eigenvalue weighted by molar-refractivity contribution is 0.298. The van der Waals surface area contributed by atoms with E-state index < -0.39 is 0 Å². The predicted octanol–water partition coefficient (Wildman–Crippen LogP) is 3.58. The van der Waals surface area contributed by atoms with Crippen molar-refractivity contribution in [2.24, 2.45) is 4.99 Å². The Morgan fingerprint density at radius 1 is 1.00 bits per heavy atom. The maximum absolute atomic E-state index is 4.32. The van der Waals surface area contributed by atoms with Gasteiger partial charge in [-0.05, 0) is 32.1 Å². The molecule has 0 fully saturated rings. The summed E-state index contributed by atoms with van der Waals surface area (Å²) in [5, 5.41) is 6.79. The van der Waals surface area contributed by atoms with E-state index in [2.05, 4.69) is 77.9 Å². The van der Waals surface area contributed by atoms with Gasteiger partial charge in [0, 0.05) is 20.1 Å². The molecule has 2 N–H and O–H groups in total. The molecule has 1 atom stereocenters. The second-order valence-electron chi connectivity index (χ2n) is 6.18. The van der Waals surface area contributed by atoms with Gasteiger partial charge in [0.25, 0.3) is 0 Å². The van der Waals surface area contributed by atoms with Gasteiger partial charge >= 0.3 is 0 Å². The van der Waals surface area contributed by atoms with Crippen LogP contribution in [0.2, 0.25) is 0 Å². The van der Waals surface area contributed by atoms with E-state index in [0.29, 0.717) is 6.04 Å². The van der Waals surface area contributed by atoms with Gasteiger partial charge < -0.3 is 15.5 Å². The van der Waals surface area contributed by atoms with Crippen LogP contribution < -0.4 is 10.6 Å². The Bertz CT molecular complexity index is 639. The van der Waals surface area contributed by atoms with Crippen LogP contribution in [0.25, 0.3) is 0 Å². The Kier molecular flexibility index (Phi) is 9.52. The number of halogens is 1. The Labute approximate surface area is 168 Å². The van der Waals surface area contributed by atoms with E-state index in [0.717, 1.165) is 19.0 Å². The van der Waals surface area contributed by atoms with Crippen molar-refractivity contribution in [3.05, 3.63) is 71.3 Å². The highest BCUT2D eigenvalue weighted by atomic mass is 127. The lowest BCUT2D eigenvalue weighted by Gasteiger charge is -2.26. The molecule has 5 heteroatoms. The fraction of sp³-hybridized carbons (Fsp3) is 0.350. The van der Waals surface area contributed by atoms with Crippen LogP contribution in [0, 0.1) is 6.92 Å². The molecule has 0 aliphatic rings. The van der Waals surface area contributed by atoms with Gasteiger partial charge in [0.05, 0.1) is 6.04 Å². The Balaban J connectivity index is 0.00000312. The first-order chi connectivity index (χ1) is 11.6. The van der Waals surface area contributed by atoms with Crippen molar-refractivity contribution in [1.29, 1.82) is 0 Å². The molecule has 2 aromatic rings. The summed E-state index contributed by atoms with van der Waals surface area (Å²) >= 11 is 0. The zero-order valence-corrected chi connectivity index (χ0v) is 17.8. The largest absolute Gasteiger partial charge is 0.354 e. The van der Waals surface area contributed by atoms with Gasteiger partial charge in [-0.15, -0.1) is 24.0 Å². The number of nitrogens with one attached hydrogen (secondary N) is 2. The van der Waals surface area contributed by atoms with Gasteiger partial charge in [0.2, 0.25) is 0 Å². The van der Waals surface area contributed by atoms with Crippen LogP contribution >= 0.6 is 24.0 Å². The fourth-order valence-electron chi connectivity index (χ4n) is 2.58. The van der Waals surface area contributed by atoms with Gasteiger partial charge in [-0.2, -0.15) is 0 Å². The number of hydrogen-bond donors (Lipinski definition) is 2. The molecule has 0 aliphatic carbocycles. The normalized spacial score (nSPS) is 12.4. The van der Waals surface area contributed by atoms with E-state index in [-0.39, 0.29) is 24.0 Å². The van der Waals surface area contributed by atoms with E-state index in [1.807, 2.05) is 18.2 Å². The SMILES string of the molecule is CN=C(NCc1ccccc1)NCC(c1ccc(C)cc1)N(C)C.I. The monoisotopic (exact) mass is 452 g/mol. The van der Waals surface area contributed by atoms with Crippen LogP contribution in [0.5, 0.6) is 0 Å². The summed E-state index contributed by atoms with van der Waals surface area (Å²) in [5.41, 5.74) is 3.82. The molecule has 0 spiro atoms. The molecule has 2 aromatic carbocycles. The summed E-state index contributed by atoms with van der Waals surface area (Å²) in [5.74, 6) is 0.817.